The van der Waals surface area contributed by atoms with Gasteiger partial charge in [-0.05, 0) is 65.5 Å². The Morgan fingerprint density at radius 1 is 1.18 bits per heavy atom. The first-order valence-electron chi connectivity index (χ1n) is 11.8. The number of carbonyl (C=O) groups is 3. The van der Waals surface area contributed by atoms with Crippen LogP contribution >= 0.6 is 0 Å². The number of allylic oxidation sites excluding steroid dienone is 3. The molecule has 0 aromatic rings. The summed E-state index contributed by atoms with van der Waals surface area (Å²) in [6.45, 7) is 12.3. The molecule has 5 heteroatoms. The highest BCUT2D eigenvalue weighted by atomic mass is 16.5. The van der Waals surface area contributed by atoms with Gasteiger partial charge in [-0.2, -0.15) is 0 Å². The number of hydrogen-bond acceptors (Lipinski definition) is 5. The van der Waals surface area contributed by atoms with Crippen LogP contribution in [-0.4, -0.2) is 25.1 Å². The van der Waals surface area contributed by atoms with Gasteiger partial charge in [-0.3, -0.25) is 9.59 Å². The quantitative estimate of drug-likeness (QED) is 0.461. The third-order valence-corrected chi connectivity index (χ3v) is 7.16. The Kier molecular flexibility index (Phi) is 6.01. The van der Waals surface area contributed by atoms with E-state index in [4.69, 9.17) is 4.74 Å². The number of nitrogens with one attached hydrogen (secondary N) is 1. The maximum Gasteiger partial charge on any atom is 0.336 e. The molecule has 34 heavy (non-hydrogen) atoms. The van der Waals surface area contributed by atoms with Crippen molar-refractivity contribution in [2.24, 2.45) is 5.41 Å². The third kappa shape index (κ3) is 3.87. The van der Waals surface area contributed by atoms with Gasteiger partial charge >= 0.3 is 5.97 Å². The molecule has 0 bridgehead atoms. The van der Waals surface area contributed by atoms with E-state index in [0.717, 1.165) is 39.8 Å². The molecule has 0 radical (unpaired) electrons. The van der Waals surface area contributed by atoms with Gasteiger partial charge in [0.2, 0.25) is 0 Å². The molecule has 0 saturated carbocycles. The van der Waals surface area contributed by atoms with Gasteiger partial charge in [-0.1, -0.05) is 45.9 Å². The normalized spacial score (nSPS) is 19.9. The zero-order chi connectivity index (χ0) is 24.9. The monoisotopic (exact) mass is 459 g/mol. The van der Waals surface area contributed by atoms with Crippen molar-refractivity contribution in [3.63, 3.8) is 0 Å². The van der Waals surface area contributed by atoms with Crippen molar-refractivity contribution in [2.45, 2.75) is 66.2 Å². The van der Waals surface area contributed by atoms with E-state index in [-0.39, 0.29) is 17.1 Å². The maximum absolute atomic E-state index is 13.6. The van der Waals surface area contributed by atoms with Crippen molar-refractivity contribution in [2.75, 3.05) is 7.11 Å². The van der Waals surface area contributed by atoms with Crippen LogP contribution in [0.1, 0.15) is 86.3 Å². The Balaban J connectivity index is 2.08. The SMILES string of the molecule is COC(=O)C1=C(C)NC2=C(C(=O)CC(C)(C)C2)C1c1cc(C=O)c2c(C)ccc(C(C)C)cc1-2. The van der Waals surface area contributed by atoms with Gasteiger partial charge in [0.25, 0.3) is 0 Å². The summed E-state index contributed by atoms with van der Waals surface area (Å²) in [6.07, 6.45) is 1.98. The fraction of sp³-hybridized carbons (Fsp3) is 0.414. The molecule has 1 aliphatic heterocycles. The van der Waals surface area contributed by atoms with Crippen LogP contribution in [0.4, 0.5) is 0 Å². The molecule has 0 spiro atoms. The van der Waals surface area contributed by atoms with Crippen molar-refractivity contribution in [1.82, 2.24) is 5.32 Å². The van der Waals surface area contributed by atoms with Crippen molar-refractivity contribution >= 4 is 18.0 Å². The number of ether oxygens (including phenoxy) is 1. The molecule has 1 N–H and O–H groups in total. The summed E-state index contributed by atoms with van der Waals surface area (Å²) in [4.78, 5) is 38.8. The summed E-state index contributed by atoms with van der Waals surface area (Å²) < 4.78 is 5.18. The van der Waals surface area contributed by atoms with Gasteiger partial charge in [0, 0.05) is 34.9 Å². The molecule has 0 amide bonds. The number of ketones is 1. The fourth-order valence-corrected chi connectivity index (χ4v) is 5.55. The summed E-state index contributed by atoms with van der Waals surface area (Å²) in [5.74, 6) is -0.761. The number of methoxy groups -OCH3 is 1. The average Bonchev–Trinajstić information content (AvgIpc) is 3.02. The molecule has 178 valence electrons. The van der Waals surface area contributed by atoms with E-state index in [1.165, 1.54) is 7.11 Å². The number of rotatable bonds is 4. The second-order valence-corrected chi connectivity index (χ2v) is 10.7. The third-order valence-electron chi connectivity index (χ3n) is 7.16. The number of carbonyl (C=O) groups excluding carboxylic acids is 3. The highest BCUT2D eigenvalue weighted by molar-refractivity contribution is 6.05. The van der Waals surface area contributed by atoms with Crippen LogP contribution in [0.2, 0.25) is 0 Å². The highest BCUT2D eigenvalue weighted by Crippen LogP contribution is 2.50. The van der Waals surface area contributed by atoms with Crippen LogP contribution < -0.4 is 5.32 Å². The largest absolute Gasteiger partial charge is 0.466 e. The molecule has 1 heterocycles. The van der Waals surface area contributed by atoms with Crippen LogP contribution in [0, 0.1) is 12.3 Å². The van der Waals surface area contributed by atoms with E-state index in [2.05, 4.69) is 45.1 Å². The van der Waals surface area contributed by atoms with Gasteiger partial charge in [0.1, 0.15) is 0 Å². The Labute approximate surface area is 201 Å². The van der Waals surface area contributed by atoms with Gasteiger partial charge < -0.3 is 10.1 Å². The number of esters is 1. The molecule has 0 aromatic heterocycles. The van der Waals surface area contributed by atoms with Crippen LogP contribution in [0.15, 0.2) is 46.8 Å². The lowest BCUT2D eigenvalue weighted by Crippen LogP contribution is -2.38. The van der Waals surface area contributed by atoms with E-state index < -0.39 is 11.9 Å². The van der Waals surface area contributed by atoms with Crippen molar-refractivity contribution in [3.05, 3.63) is 69.1 Å². The second kappa shape index (κ2) is 8.53. The summed E-state index contributed by atoms with van der Waals surface area (Å²) in [5, 5.41) is 3.35. The first kappa shape index (κ1) is 23.9. The number of aldehydes is 1. The molecule has 5 nitrogen and oxygen atoms in total. The maximum atomic E-state index is 13.6. The summed E-state index contributed by atoms with van der Waals surface area (Å²) in [7, 11) is 1.36. The standard InChI is InChI=1S/C29H33NO4/c1-15(2)18-9-8-16(3)24-19(14-31)11-21(20(24)10-18)26-25(28(33)34-7)17(4)30-22-12-29(5,6)13-23(32)27(22)26/h8-11,14-15,26,30H,12-13H2,1-7H3. The van der Waals surface area contributed by atoms with E-state index in [1.54, 1.807) is 0 Å². The lowest BCUT2D eigenvalue weighted by atomic mass is 9.68. The van der Waals surface area contributed by atoms with Crippen molar-refractivity contribution < 1.29 is 19.1 Å². The Morgan fingerprint density at radius 3 is 2.50 bits per heavy atom. The molecule has 0 fully saturated rings. The Hall–Kier alpha value is -3.21. The minimum Gasteiger partial charge on any atom is -0.466 e. The molecule has 1 atom stereocenters. The van der Waals surface area contributed by atoms with Crippen molar-refractivity contribution in [1.29, 1.82) is 0 Å². The number of dihydropyridines is 1. The summed E-state index contributed by atoms with van der Waals surface area (Å²) >= 11 is 0. The number of Topliss-reactive ketones (excluding diaryl/α,β-unsaturated/α-hetero) is 1. The van der Waals surface area contributed by atoms with E-state index >= 15 is 0 Å². The van der Waals surface area contributed by atoms with Gasteiger partial charge in [-0.15, -0.1) is 0 Å². The topological polar surface area (TPSA) is 72.5 Å². The Morgan fingerprint density at radius 2 is 1.88 bits per heavy atom. The average molecular weight is 460 g/mol. The lowest BCUT2D eigenvalue weighted by molar-refractivity contribution is -0.136. The van der Waals surface area contributed by atoms with Gasteiger partial charge in [-0.25, -0.2) is 4.79 Å². The molecular formula is C29H33NO4. The van der Waals surface area contributed by atoms with Crippen LogP contribution in [0.5, 0.6) is 0 Å². The minimum atomic E-state index is -0.592. The van der Waals surface area contributed by atoms with E-state index in [0.29, 0.717) is 35.2 Å². The first-order chi connectivity index (χ1) is 16.0. The number of aryl methyl sites for hydroxylation is 1. The first-order valence-corrected chi connectivity index (χ1v) is 11.8. The smallest absolute Gasteiger partial charge is 0.336 e. The van der Waals surface area contributed by atoms with E-state index in [9.17, 15) is 14.4 Å². The summed E-state index contributed by atoms with van der Waals surface area (Å²) in [6, 6.07) is 8.10. The zero-order valence-corrected chi connectivity index (χ0v) is 21.1. The minimum absolute atomic E-state index is 0.0285. The predicted octanol–water partition coefficient (Wildman–Crippen LogP) is 5.81. The van der Waals surface area contributed by atoms with Crippen LogP contribution in [0.3, 0.4) is 0 Å². The highest BCUT2D eigenvalue weighted by Gasteiger charge is 2.44. The molecule has 0 saturated heterocycles. The molecule has 3 aliphatic carbocycles. The van der Waals surface area contributed by atoms with Crippen LogP contribution in [0.25, 0.3) is 11.1 Å². The van der Waals surface area contributed by atoms with Crippen LogP contribution in [-0.2, 0) is 14.3 Å². The molecular weight excluding hydrogens is 426 g/mol. The zero-order valence-electron chi connectivity index (χ0n) is 21.1. The van der Waals surface area contributed by atoms with E-state index in [1.807, 2.05) is 26.0 Å². The number of fused-ring (bicyclic) bond motifs is 1. The molecule has 1 unspecified atom stereocenters. The van der Waals surface area contributed by atoms with Crippen molar-refractivity contribution in [3.8, 4) is 11.1 Å². The van der Waals surface area contributed by atoms with Gasteiger partial charge in [0.05, 0.1) is 12.7 Å². The lowest BCUT2D eigenvalue weighted by Gasteiger charge is -2.39. The van der Waals surface area contributed by atoms with Gasteiger partial charge in [0.15, 0.2) is 12.1 Å². The predicted molar refractivity (Wildman–Crippen MR) is 133 cm³/mol. The Bertz CT molecular complexity index is 1240. The molecule has 0 aromatic carbocycles. The second-order valence-electron chi connectivity index (χ2n) is 10.7. The number of hydrogen-bond donors (Lipinski definition) is 1. The molecule has 4 aliphatic rings. The molecule has 4 rings (SSSR count). The fourth-order valence-electron chi connectivity index (χ4n) is 5.55. The summed E-state index contributed by atoms with van der Waals surface area (Å²) in [5.41, 5.74) is 7.66.